The number of aliphatic carboxylic acids is 1. The van der Waals surface area contributed by atoms with Crippen LogP contribution in [0.4, 0.5) is 4.39 Å². The largest absolute Gasteiger partial charge is 0.480 e. The van der Waals surface area contributed by atoms with E-state index < -0.39 is 5.97 Å². The van der Waals surface area contributed by atoms with E-state index in [2.05, 4.69) is 0 Å². The Morgan fingerprint density at radius 1 is 1.41 bits per heavy atom. The topological polar surface area (TPSA) is 40.5 Å². The fraction of sp³-hybridized carbons (Fsp3) is 0.417. The summed E-state index contributed by atoms with van der Waals surface area (Å²) >= 11 is 0. The smallest absolute Gasteiger partial charge is 0.320 e. The maximum Gasteiger partial charge on any atom is 0.320 e. The lowest BCUT2D eigenvalue weighted by atomic mass is 10.2. The molecule has 1 heterocycles. The first-order valence-electron chi connectivity index (χ1n) is 5.38. The molecule has 0 radical (unpaired) electrons. The first-order valence-corrected chi connectivity index (χ1v) is 5.38. The Bertz CT molecular complexity index is 383. The van der Waals surface area contributed by atoms with Crippen molar-refractivity contribution < 1.29 is 14.3 Å². The van der Waals surface area contributed by atoms with Crippen LogP contribution in [0.25, 0.3) is 0 Å². The highest BCUT2D eigenvalue weighted by Crippen LogP contribution is 2.20. The summed E-state index contributed by atoms with van der Waals surface area (Å²) < 4.78 is 12.7. The molecule has 0 aliphatic carbocycles. The van der Waals surface area contributed by atoms with Gasteiger partial charge in [-0.25, -0.2) is 4.39 Å². The third-order valence-electron chi connectivity index (χ3n) is 2.95. The first kappa shape index (κ1) is 13.9. The van der Waals surface area contributed by atoms with Gasteiger partial charge < -0.3 is 5.11 Å². The predicted octanol–water partition coefficient (Wildman–Crippen LogP) is 2.30. The molecule has 1 atom stereocenters. The Morgan fingerprint density at radius 3 is 2.65 bits per heavy atom. The molecule has 1 fully saturated rings. The van der Waals surface area contributed by atoms with Gasteiger partial charge in [0.2, 0.25) is 0 Å². The van der Waals surface area contributed by atoms with E-state index in [1.165, 1.54) is 12.1 Å². The van der Waals surface area contributed by atoms with Crippen molar-refractivity contribution in [3.05, 3.63) is 35.6 Å². The first-order chi connectivity index (χ1) is 7.66. The van der Waals surface area contributed by atoms with Gasteiger partial charge in [-0.2, -0.15) is 0 Å². The Hall–Kier alpha value is -1.13. The fourth-order valence-electron chi connectivity index (χ4n) is 2.12. The van der Waals surface area contributed by atoms with Crippen LogP contribution in [0, 0.1) is 5.82 Å². The van der Waals surface area contributed by atoms with Gasteiger partial charge >= 0.3 is 5.97 Å². The lowest BCUT2D eigenvalue weighted by Gasteiger charge is -2.20. The Kier molecular flexibility index (Phi) is 4.90. The van der Waals surface area contributed by atoms with Crippen LogP contribution < -0.4 is 0 Å². The molecular weight excluding hydrogens is 245 g/mol. The van der Waals surface area contributed by atoms with Crippen LogP contribution in [0.2, 0.25) is 0 Å². The quantitative estimate of drug-likeness (QED) is 0.906. The van der Waals surface area contributed by atoms with Crippen molar-refractivity contribution in [3.8, 4) is 0 Å². The van der Waals surface area contributed by atoms with Gasteiger partial charge in [-0.05, 0) is 37.1 Å². The Morgan fingerprint density at radius 2 is 2.06 bits per heavy atom. The number of halogens is 2. The fourth-order valence-corrected chi connectivity index (χ4v) is 2.12. The molecule has 0 bridgehead atoms. The molecule has 1 aromatic carbocycles. The monoisotopic (exact) mass is 259 g/mol. The second-order valence-corrected chi connectivity index (χ2v) is 4.09. The second kappa shape index (κ2) is 5.98. The minimum atomic E-state index is -0.764. The molecule has 1 aliphatic rings. The van der Waals surface area contributed by atoms with Crippen molar-refractivity contribution in [3.63, 3.8) is 0 Å². The van der Waals surface area contributed by atoms with Gasteiger partial charge in [0.05, 0.1) is 0 Å². The van der Waals surface area contributed by atoms with Gasteiger partial charge in [0, 0.05) is 6.54 Å². The Balaban J connectivity index is 0.00000144. The molecule has 0 spiro atoms. The summed E-state index contributed by atoms with van der Waals surface area (Å²) in [6, 6.07) is 5.83. The summed E-state index contributed by atoms with van der Waals surface area (Å²) in [5.41, 5.74) is 0.953. The van der Waals surface area contributed by atoms with Crippen LogP contribution in [0.1, 0.15) is 18.4 Å². The second-order valence-electron chi connectivity index (χ2n) is 4.09. The van der Waals surface area contributed by atoms with E-state index in [4.69, 9.17) is 5.11 Å². The van der Waals surface area contributed by atoms with Crippen molar-refractivity contribution in [1.29, 1.82) is 0 Å². The molecule has 5 heteroatoms. The SMILES string of the molecule is Cl.O=C(O)[C@@H]1CCCN1Cc1ccc(F)cc1. The van der Waals surface area contributed by atoms with E-state index in [1.54, 1.807) is 12.1 Å². The number of hydrogen-bond acceptors (Lipinski definition) is 2. The van der Waals surface area contributed by atoms with E-state index in [0.29, 0.717) is 13.0 Å². The molecule has 1 saturated heterocycles. The zero-order chi connectivity index (χ0) is 11.5. The molecule has 17 heavy (non-hydrogen) atoms. The number of carboxylic acids is 1. The number of likely N-dealkylation sites (tertiary alicyclic amines) is 1. The van der Waals surface area contributed by atoms with Crippen molar-refractivity contribution in [1.82, 2.24) is 4.90 Å². The molecule has 0 unspecified atom stereocenters. The van der Waals surface area contributed by atoms with E-state index >= 15 is 0 Å². The molecule has 1 N–H and O–H groups in total. The van der Waals surface area contributed by atoms with Crippen LogP contribution in [-0.2, 0) is 11.3 Å². The highest BCUT2D eigenvalue weighted by atomic mass is 35.5. The zero-order valence-corrected chi connectivity index (χ0v) is 10.1. The minimum absolute atomic E-state index is 0. The van der Waals surface area contributed by atoms with Crippen LogP contribution in [0.15, 0.2) is 24.3 Å². The number of carbonyl (C=O) groups is 1. The van der Waals surface area contributed by atoms with Gasteiger partial charge in [0.1, 0.15) is 11.9 Å². The summed E-state index contributed by atoms with van der Waals surface area (Å²) in [6.07, 6.45) is 1.62. The van der Waals surface area contributed by atoms with Crippen LogP contribution in [-0.4, -0.2) is 28.6 Å². The highest BCUT2D eigenvalue weighted by molar-refractivity contribution is 5.85. The third kappa shape index (κ3) is 3.41. The van der Waals surface area contributed by atoms with E-state index in [9.17, 15) is 9.18 Å². The molecule has 94 valence electrons. The molecule has 0 saturated carbocycles. The van der Waals surface area contributed by atoms with Crippen LogP contribution >= 0.6 is 12.4 Å². The van der Waals surface area contributed by atoms with Crippen LogP contribution in [0.3, 0.4) is 0 Å². The van der Waals surface area contributed by atoms with E-state index in [1.807, 2.05) is 4.90 Å². The van der Waals surface area contributed by atoms with Gasteiger partial charge in [-0.3, -0.25) is 9.69 Å². The molecule has 0 amide bonds. The average molecular weight is 260 g/mol. The average Bonchev–Trinajstić information content (AvgIpc) is 2.69. The maximum atomic E-state index is 12.7. The predicted molar refractivity (Wildman–Crippen MR) is 64.7 cm³/mol. The van der Waals surface area contributed by atoms with Gasteiger partial charge in [-0.15, -0.1) is 12.4 Å². The van der Waals surface area contributed by atoms with Crippen molar-refractivity contribution in [2.75, 3.05) is 6.54 Å². The summed E-state index contributed by atoms with van der Waals surface area (Å²) in [7, 11) is 0. The lowest BCUT2D eigenvalue weighted by molar-refractivity contribution is -0.142. The molecule has 0 aromatic heterocycles. The summed E-state index contributed by atoms with van der Waals surface area (Å²) in [4.78, 5) is 12.9. The number of nitrogens with zero attached hydrogens (tertiary/aromatic N) is 1. The summed E-state index contributed by atoms with van der Waals surface area (Å²) in [5, 5.41) is 9.00. The highest BCUT2D eigenvalue weighted by Gasteiger charge is 2.30. The van der Waals surface area contributed by atoms with Crippen molar-refractivity contribution in [2.24, 2.45) is 0 Å². The normalized spacial score (nSPS) is 19.9. The zero-order valence-electron chi connectivity index (χ0n) is 9.30. The number of rotatable bonds is 3. The maximum absolute atomic E-state index is 12.7. The van der Waals surface area contributed by atoms with Gasteiger partial charge in [0.15, 0.2) is 0 Å². The number of carboxylic acid groups (broad SMARTS) is 1. The number of hydrogen-bond donors (Lipinski definition) is 1. The van der Waals surface area contributed by atoms with Crippen molar-refractivity contribution in [2.45, 2.75) is 25.4 Å². The molecule has 1 aliphatic heterocycles. The molecule has 1 aromatic rings. The van der Waals surface area contributed by atoms with Crippen molar-refractivity contribution >= 4 is 18.4 Å². The van der Waals surface area contributed by atoms with E-state index in [0.717, 1.165) is 18.5 Å². The number of benzene rings is 1. The van der Waals surface area contributed by atoms with Crippen LogP contribution in [0.5, 0.6) is 0 Å². The third-order valence-corrected chi connectivity index (χ3v) is 2.95. The Labute approximate surface area is 106 Å². The summed E-state index contributed by atoms with van der Waals surface area (Å²) in [6.45, 7) is 1.38. The van der Waals surface area contributed by atoms with E-state index in [-0.39, 0.29) is 24.3 Å². The minimum Gasteiger partial charge on any atom is -0.480 e. The standard InChI is InChI=1S/C12H14FNO2.ClH/c13-10-5-3-9(4-6-10)8-14-7-1-2-11(14)12(15)16;/h3-6,11H,1-2,7-8H2,(H,15,16);1H/t11-;/m0./s1. The molecule has 3 nitrogen and oxygen atoms in total. The summed E-state index contributed by atoms with van der Waals surface area (Å²) in [5.74, 6) is -1.03. The lowest BCUT2D eigenvalue weighted by Crippen LogP contribution is -2.35. The van der Waals surface area contributed by atoms with Gasteiger partial charge in [0.25, 0.3) is 0 Å². The molecular formula is C12H15ClFNO2. The van der Waals surface area contributed by atoms with Gasteiger partial charge in [-0.1, -0.05) is 12.1 Å². The molecule has 2 rings (SSSR count).